The number of hydrogen-bond donors (Lipinski definition) is 1. The SMILES string of the molecule is CCCCCCCc1cc(CCCO)on1. The van der Waals surface area contributed by atoms with Crippen molar-refractivity contribution >= 4 is 0 Å². The molecule has 1 rings (SSSR count). The molecule has 1 heterocycles. The largest absolute Gasteiger partial charge is 0.396 e. The van der Waals surface area contributed by atoms with Crippen LogP contribution in [0.25, 0.3) is 0 Å². The average Bonchev–Trinajstić information content (AvgIpc) is 2.74. The van der Waals surface area contributed by atoms with Gasteiger partial charge in [-0.05, 0) is 19.3 Å². The van der Waals surface area contributed by atoms with Gasteiger partial charge in [-0.2, -0.15) is 0 Å². The molecular weight excluding hydrogens is 202 g/mol. The van der Waals surface area contributed by atoms with Crippen LogP contribution in [0.5, 0.6) is 0 Å². The van der Waals surface area contributed by atoms with E-state index in [0.717, 1.165) is 30.7 Å². The molecule has 0 bridgehead atoms. The maximum Gasteiger partial charge on any atom is 0.137 e. The molecule has 0 spiro atoms. The summed E-state index contributed by atoms with van der Waals surface area (Å²) in [4.78, 5) is 0. The minimum absolute atomic E-state index is 0.215. The summed E-state index contributed by atoms with van der Waals surface area (Å²) in [6.07, 6.45) is 9.00. The van der Waals surface area contributed by atoms with E-state index in [1.165, 1.54) is 32.1 Å². The van der Waals surface area contributed by atoms with Crippen LogP contribution >= 0.6 is 0 Å². The highest BCUT2D eigenvalue weighted by molar-refractivity contribution is 5.05. The lowest BCUT2D eigenvalue weighted by atomic mass is 10.1. The quantitative estimate of drug-likeness (QED) is 0.657. The van der Waals surface area contributed by atoms with Crippen molar-refractivity contribution < 1.29 is 9.63 Å². The van der Waals surface area contributed by atoms with Crippen LogP contribution in [0.1, 0.15) is 56.9 Å². The summed E-state index contributed by atoms with van der Waals surface area (Å²) in [5, 5.41) is 12.7. The lowest BCUT2D eigenvalue weighted by Gasteiger charge is -1.96. The third-order valence-corrected chi connectivity index (χ3v) is 2.73. The van der Waals surface area contributed by atoms with Crippen molar-refractivity contribution in [1.29, 1.82) is 0 Å². The Kier molecular flexibility index (Phi) is 6.90. The Labute approximate surface area is 97.8 Å². The van der Waals surface area contributed by atoms with Crippen molar-refractivity contribution in [3.8, 4) is 0 Å². The predicted molar refractivity (Wildman–Crippen MR) is 64.4 cm³/mol. The summed E-state index contributed by atoms with van der Waals surface area (Å²) >= 11 is 0. The van der Waals surface area contributed by atoms with Crippen LogP contribution in [0.3, 0.4) is 0 Å². The number of aliphatic hydroxyl groups is 1. The Hall–Kier alpha value is -0.830. The summed E-state index contributed by atoms with van der Waals surface area (Å²) < 4.78 is 5.18. The Morgan fingerprint density at radius 3 is 2.69 bits per heavy atom. The number of aliphatic hydroxyl groups excluding tert-OH is 1. The highest BCUT2D eigenvalue weighted by Gasteiger charge is 2.03. The van der Waals surface area contributed by atoms with Crippen LogP contribution in [0.2, 0.25) is 0 Å². The van der Waals surface area contributed by atoms with E-state index in [4.69, 9.17) is 9.63 Å². The highest BCUT2D eigenvalue weighted by Crippen LogP contribution is 2.11. The van der Waals surface area contributed by atoms with Crippen molar-refractivity contribution in [3.05, 3.63) is 17.5 Å². The Balaban J connectivity index is 2.14. The van der Waals surface area contributed by atoms with Gasteiger partial charge in [0.2, 0.25) is 0 Å². The van der Waals surface area contributed by atoms with Gasteiger partial charge in [0.1, 0.15) is 5.76 Å². The molecule has 0 aliphatic heterocycles. The van der Waals surface area contributed by atoms with E-state index < -0.39 is 0 Å². The van der Waals surface area contributed by atoms with Crippen molar-refractivity contribution in [2.24, 2.45) is 0 Å². The number of hydrogen-bond acceptors (Lipinski definition) is 3. The van der Waals surface area contributed by atoms with Crippen molar-refractivity contribution in [2.45, 2.75) is 58.3 Å². The van der Waals surface area contributed by atoms with E-state index in [-0.39, 0.29) is 6.61 Å². The van der Waals surface area contributed by atoms with Gasteiger partial charge in [0.15, 0.2) is 0 Å². The molecule has 1 N–H and O–H groups in total. The van der Waals surface area contributed by atoms with E-state index in [2.05, 4.69) is 12.1 Å². The number of aryl methyl sites for hydroxylation is 2. The summed E-state index contributed by atoms with van der Waals surface area (Å²) in [5.74, 6) is 0.901. The van der Waals surface area contributed by atoms with Crippen LogP contribution in [0, 0.1) is 0 Å². The predicted octanol–water partition coefficient (Wildman–Crippen LogP) is 3.11. The van der Waals surface area contributed by atoms with Crippen molar-refractivity contribution in [3.63, 3.8) is 0 Å². The van der Waals surface area contributed by atoms with E-state index in [0.29, 0.717) is 0 Å². The zero-order valence-corrected chi connectivity index (χ0v) is 10.2. The van der Waals surface area contributed by atoms with Gasteiger partial charge < -0.3 is 9.63 Å². The Morgan fingerprint density at radius 1 is 1.12 bits per heavy atom. The van der Waals surface area contributed by atoms with Crippen molar-refractivity contribution in [1.82, 2.24) is 5.16 Å². The van der Waals surface area contributed by atoms with Gasteiger partial charge in [-0.25, -0.2) is 0 Å². The fourth-order valence-corrected chi connectivity index (χ4v) is 1.75. The molecular formula is C13H23NO2. The number of nitrogens with zero attached hydrogens (tertiary/aromatic N) is 1. The van der Waals surface area contributed by atoms with Gasteiger partial charge in [-0.1, -0.05) is 37.8 Å². The summed E-state index contributed by atoms with van der Waals surface area (Å²) in [7, 11) is 0. The summed E-state index contributed by atoms with van der Waals surface area (Å²) in [6, 6.07) is 2.02. The van der Waals surface area contributed by atoms with Crippen LogP contribution < -0.4 is 0 Å². The first-order chi connectivity index (χ1) is 7.86. The van der Waals surface area contributed by atoms with E-state index in [1.54, 1.807) is 0 Å². The minimum Gasteiger partial charge on any atom is -0.396 e. The first kappa shape index (κ1) is 13.2. The second-order valence-electron chi connectivity index (χ2n) is 4.28. The fourth-order valence-electron chi connectivity index (χ4n) is 1.75. The Bertz CT molecular complexity index is 271. The van der Waals surface area contributed by atoms with E-state index in [9.17, 15) is 0 Å². The van der Waals surface area contributed by atoms with Gasteiger partial charge in [-0.3, -0.25) is 0 Å². The van der Waals surface area contributed by atoms with Crippen molar-refractivity contribution in [2.75, 3.05) is 6.61 Å². The minimum atomic E-state index is 0.215. The lowest BCUT2D eigenvalue weighted by Crippen LogP contribution is -1.87. The molecule has 3 nitrogen and oxygen atoms in total. The molecule has 3 heteroatoms. The topological polar surface area (TPSA) is 46.3 Å². The molecule has 0 radical (unpaired) electrons. The number of rotatable bonds is 9. The zero-order valence-electron chi connectivity index (χ0n) is 10.2. The second-order valence-corrected chi connectivity index (χ2v) is 4.28. The standard InChI is InChI=1S/C13H23NO2/c1-2-3-4-5-6-8-12-11-13(16-14-12)9-7-10-15/h11,15H,2-10H2,1H3. The molecule has 0 fully saturated rings. The number of unbranched alkanes of at least 4 members (excludes halogenated alkanes) is 4. The van der Waals surface area contributed by atoms with Gasteiger partial charge in [0.25, 0.3) is 0 Å². The highest BCUT2D eigenvalue weighted by atomic mass is 16.5. The molecule has 1 aromatic heterocycles. The molecule has 0 saturated heterocycles. The molecule has 92 valence electrons. The first-order valence-electron chi connectivity index (χ1n) is 6.42. The van der Waals surface area contributed by atoms with Crippen LogP contribution in [0.4, 0.5) is 0 Å². The third-order valence-electron chi connectivity index (χ3n) is 2.73. The molecule has 0 aliphatic carbocycles. The van der Waals surface area contributed by atoms with Crippen LogP contribution in [0.15, 0.2) is 10.6 Å². The monoisotopic (exact) mass is 225 g/mol. The smallest absolute Gasteiger partial charge is 0.137 e. The lowest BCUT2D eigenvalue weighted by molar-refractivity contribution is 0.279. The first-order valence-corrected chi connectivity index (χ1v) is 6.42. The second kappa shape index (κ2) is 8.34. The van der Waals surface area contributed by atoms with E-state index >= 15 is 0 Å². The van der Waals surface area contributed by atoms with Gasteiger partial charge in [-0.15, -0.1) is 0 Å². The molecule has 0 unspecified atom stereocenters. The molecule has 0 saturated carbocycles. The summed E-state index contributed by atoms with van der Waals surface area (Å²) in [5.41, 5.74) is 1.06. The summed E-state index contributed by atoms with van der Waals surface area (Å²) in [6.45, 7) is 2.44. The molecule has 0 amide bonds. The fraction of sp³-hybridized carbons (Fsp3) is 0.769. The third kappa shape index (κ3) is 5.31. The van der Waals surface area contributed by atoms with Crippen LogP contribution in [-0.4, -0.2) is 16.9 Å². The van der Waals surface area contributed by atoms with Gasteiger partial charge >= 0.3 is 0 Å². The maximum atomic E-state index is 8.70. The molecule has 0 aliphatic rings. The molecule has 0 aromatic carbocycles. The number of aromatic nitrogens is 1. The Morgan fingerprint density at radius 2 is 1.94 bits per heavy atom. The molecule has 0 atom stereocenters. The maximum absolute atomic E-state index is 8.70. The zero-order chi connectivity index (χ0) is 11.6. The van der Waals surface area contributed by atoms with Gasteiger partial charge in [0, 0.05) is 19.1 Å². The average molecular weight is 225 g/mol. The molecule has 1 aromatic rings. The molecule has 16 heavy (non-hydrogen) atoms. The van der Waals surface area contributed by atoms with E-state index in [1.807, 2.05) is 6.07 Å². The van der Waals surface area contributed by atoms with Gasteiger partial charge in [0.05, 0.1) is 5.69 Å². The normalized spacial score (nSPS) is 10.9. The van der Waals surface area contributed by atoms with Crippen LogP contribution in [-0.2, 0) is 12.8 Å².